The zero-order chi connectivity index (χ0) is 17.7. The molecule has 5 nitrogen and oxygen atoms in total. The van der Waals surface area contributed by atoms with Crippen molar-refractivity contribution in [2.75, 3.05) is 0 Å². The number of hydrogen-bond acceptors (Lipinski definition) is 3. The Morgan fingerprint density at radius 3 is 1.35 bits per heavy atom. The van der Waals surface area contributed by atoms with E-state index in [1.807, 2.05) is 0 Å². The Morgan fingerprint density at radius 2 is 1.00 bits per heavy atom. The number of carbonyl (C=O) groups is 3. The number of nitrogens with one attached hydrogen (secondary N) is 2. The third-order valence-electron chi connectivity index (χ3n) is 8.75. The van der Waals surface area contributed by atoms with Crippen LogP contribution in [-0.2, 0) is 9.59 Å². The molecule has 8 rings (SSSR count). The number of rotatable bonds is 2. The molecule has 0 aliphatic heterocycles. The number of urea groups is 1. The highest BCUT2D eigenvalue weighted by molar-refractivity contribution is 5.88. The van der Waals surface area contributed by atoms with Crippen LogP contribution in [0.3, 0.4) is 0 Å². The number of carbonyl (C=O) groups excluding carboxylic acids is 3. The SMILES string of the molecule is O=C(NC12CC3CC(C1)C(=O)C(C3)C2)NC12CC3CC(C1)C(=O)C(C3)C2. The molecular weight excluding hydrogens is 328 g/mol. The van der Waals surface area contributed by atoms with Crippen molar-refractivity contribution < 1.29 is 14.4 Å². The van der Waals surface area contributed by atoms with Gasteiger partial charge in [-0.05, 0) is 76.0 Å². The highest BCUT2D eigenvalue weighted by atomic mass is 16.2. The normalized spacial score (nSPS) is 53.2. The molecule has 8 fully saturated rings. The van der Waals surface area contributed by atoms with Gasteiger partial charge in [0.15, 0.2) is 0 Å². The third kappa shape index (κ3) is 2.12. The average Bonchev–Trinajstić information content (AvgIpc) is 2.54. The van der Waals surface area contributed by atoms with E-state index in [1.165, 1.54) is 0 Å². The Bertz CT molecular complexity index is 622. The van der Waals surface area contributed by atoms with Gasteiger partial charge in [-0.2, -0.15) is 0 Å². The molecule has 0 aromatic rings. The summed E-state index contributed by atoms with van der Waals surface area (Å²) >= 11 is 0. The zero-order valence-corrected chi connectivity index (χ0v) is 15.3. The molecular formula is C21H28N2O3. The average molecular weight is 356 g/mol. The second-order valence-corrected chi connectivity index (χ2v) is 10.6. The molecule has 4 atom stereocenters. The highest BCUT2D eigenvalue weighted by Crippen LogP contribution is 2.55. The summed E-state index contributed by atoms with van der Waals surface area (Å²) in [6, 6.07) is -0.0474. The van der Waals surface area contributed by atoms with Crippen molar-refractivity contribution in [2.24, 2.45) is 35.5 Å². The lowest BCUT2D eigenvalue weighted by Crippen LogP contribution is -2.68. The molecule has 0 radical (unpaired) electrons. The van der Waals surface area contributed by atoms with Crippen LogP contribution in [0.4, 0.5) is 4.79 Å². The number of ketones is 2. The van der Waals surface area contributed by atoms with Gasteiger partial charge in [-0.25, -0.2) is 4.79 Å². The maximum atomic E-state index is 13.0. The van der Waals surface area contributed by atoms with E-state index in [2.05, 4.69) is 10.6 Å². The lowest BCUT2D eigenvalue weighted by atomic mass is 9.52. The molecule has 26 heavy (non-hydrogen) atoms. The first kappa shape index (κ1) is 15.6. The third-order valence-corrected chi connectivity index (χ3v) is 8.75. The minimum absolute atomic E-state index is 0.0474. The minimum Gasteiger partial charge on any atom is -0.333 e. The van der Waals surface area contributed by atoms with Gasteiger partial charge in [0.05, 0.1) is 0 Å². The predicted molar refractivity (Wildman–Crippen MR) is 94.3 cm³/mol. The highest BCUT2D eigenvalue weighted by Gasteiger charge is 2.58. The number of amides is 2. The van der Waals surface area contributed by atoms with Crippen LogP contribution in [0.5, 0.6) is 0 Å². The van der Waals surface area contributed by atoms with Gasteiger partial charge in [-0.15, -0.1) is 0 Å². The van der Waals surface area contributed by atoms with Crippen molar-refractivity contribution >= 4 is 17.6 Å². The van der Waals surface area contributed by atoms with Crippen molar-refractivity contribution in [1.29, 1.82) is 0 Å². The first-order chi connectivity index (χ1) is 12.4. The fraction of sp³-hybridized carbons (Fsp3) is 0.857. The van der Waals surface area contributed by atoms with Gasteiger partial charge >= 0.3 is 6.03 Å². The van der Waals surface area contributed by atoms with Gasteiger partial charge in [-0.1, -0.05) is 0 Å². The van der Waals surface area contributed by atoms with Crippen molar-refractivity contribution in [3.05, 3.63) is 0 Å². The lowest BCUT2D eigenvalue weighted by molar-refractivity contribution is -0.142. The van der Waals surface area contributed by atoms with Crippen LogP contribution in [0, 0.1) is 35.5 Å². The van der Waals surface area contributed by atoms with E-state index in [9.17, 15) is 14.4 Å². The molecule has 2 amide bonds. The largest absolute Gasteiger partial charge is 0.333 e. The van der Waals surface area contributed by atoms with Crippen molar-refractivity contribution in [2.45, 2.75) is 75.3 Å². The molecule has 8 aliphatic rings. The van der Waals surface area contributed by atoms with Crippen molar-refractivity contribution in [3.63, 3.8) is 0 Å². The second-order valence-electron chi connectivity index (χ2n) is 10.6. The maximum absolute atomic E-state index is 13.0. The van der Waals surface area contributed by atoms with Gasteiger partial charge < -0.3 is 10.6 Å². The molecule has 8 bridgehead atoms. The fourth-order valence-electron chi connectivity index (χ4n) is 8.31. The quantitative estimate of drug-likeness (QED) is 0.798. The summed E-state index contributed by atoms with van der Waals surface area (Å²) in [5.41, 5.74) is -0.320. The molecule has 0 heterocycles. The van der Waals surface area contributed by atoms with Crippen LogP contribution in [0.2, 0.25) is 0 Å². The van der Waals surface area contributed by atoms with E-state index < -0.39 is 0 Å². The Labute approximate surface area is 154 Å². The topological polar surface area (TPSA) is 75.3 Å². The Kier molecular flexibility index (Phi) is 2.95. The molecule has 0 aromatic heterocycles. The van der Waals surface area contributed by atoms with Crippen LogP contribution in [0.1, 0.15) is 64.2 Å². The molecule has 0 spiro atoms. The van der Waals surface area contributed by atoms with Crippen LogP contribution >= 0.6 is 0 Å². The molecule has 8 aliphatic carbocycles. The summed E-state index contributed by atoms with van der Waals surface area (Å²) in [6.45, 7) is 0. The van der Waals surface area contributed by atoms with Crippen molar-refractivity contribution in [3.8, 4) is 0 Å². The zero-order valence-electron chi connectivity index (χ0n) is 15.3. The van der Waals surface area contributed by atoms with Crippen LogP contribution in [-0.4, -0.2) is 28.7 Å². The van der Waals surface area contributed by atoms with Crippen LogP contribution in [0.25, 0.3) is 0 Å². The van der Waals surface area contributed by atoms with E-state index in [-0.39, 0.29) is 40.8 Å². The van der Waals surface area contributed by atoms with E-state index in [1.54, 1.807) is 0 Å². The maximum Gasteiger partial charge on any atom is 0.315 e. The second kappa shape index (κ2) is 4.90. The molecule has 4 unspecified atom stereocenters. The van der Waals surface area contributed by atoms with Gasteiger partial charge in [0, 0.05) is 34.7 Å². The molecule has 8 saturated carbocycles. The number of hydrogen-bond donors (Lipinski definition) is 2. The van der Waals surface area contributed by atoms with Gasteiger partial charge in [-0.3, -0.25) is 9.59 Å². The van der Waals surface area contributed by atoms with Crippen LogP contribution in [0.15, 0.2) is 0 Å². The fourth-order valence-corrected chi connectivity index (χ4v) is 8.31. The van der Waals surface area contributed by atoms with Crippen LogP contribution < -0.4 is 10.6 Å². The minimum atomic E-state index is -0.160. The summed E-state index contributed by atoms with van der Waals surface area (Å²) in [5.74, 6) is 2.86. The first-order valence-corrected chi connectivity index (χ1v) is 10.6. The van der Waals surface area contributed by atoms with E-state index in [0.717, 1.165) is 64.2 Å². The van der Waals surface area contributed by atoms with E-state index in [0.29, 0.717) is 23.4 Å². The summed E-state index contributed by atoms with van der Waals surface area (Å²) in [6.07, 6.45) is 9.60. The molecule has 140 valence electrons. The summed E-state index contributed by atoms with van der Waals surface area (Å²) in [4.78, 5) is 37.7. The smallest absolute Gasteiger partial charge is 0.315 e. The summed E-state index contributed by atoms with van der Waals surface area (Å²) in [5, 5.41) is 6.69. The van der Waals surface area contributed by atoms with Gasteiger partial charge in [0.1, 0.15) is 11.6 Å². The first-order valence-electron chi connectivity index (χ1n) is 10.6. The summed E-state index contributed by atoms with van der Waals surface area (Å²) in [7, 11) is 0. The molecule has 2 N–H and O–H groups in total. The van der Waals surface area contributed by atoms with E-state index in [4.69, 9.17) is 0 Å². The Hall–Kier alpha value is -1.39. The monoisotopic (exact) mass is 356 g/mol. The van der Waals surface area contributed by atoms with E-state index >= 15 is 0 Å². The molecule has 5 heteroatoms. The Balaban J connectivity index is 1.18. The van der Waals surface area contributed by atoms with Crippen molar-refractivity contribution in [1.82, 2.24) is 10.6 Å². The summed E-state index contributed by atoms with van der Waals surface area (Å²) < 4.78 is 0. The molecule has 0 saturated heterocycles. The lowest BCUT2D eigenvalue weighted by Gasteiger charge is -2.57. The van der Waals surface area contributed by atoms with Gasteiger partial charge in [0.2, 0.25) is 0 Å². The predicted octanol–water partition coefficient (Wildman–Crippen LogP) is 2.58. The Morgan fingerprint density at radius 1 is 0.654 bits per heavy atom. The molecule has 0 aromatic carbocycles. The number of Topliss-reactive ketones (excluding diaryl/α,β-unsaturated/α-hetero) is 2. The van der Waals surface area contributed by atoms with Gasteiger partial charge in [0.25, 0.3) is 0 Å². The standard InChI is InChI=1S/C21H28N2O3/c24-17-13-1-11-2-14(17)8-20(5-11,7-13)22-19(26)23-21-6-12-3-15(9-21)18(25)16(4-12)10-21/h11-16H,1-10H2,(H2,22,23,26).